The Bertz CT molecular complexity index is 654. The van der Waals surface area contributed by atoms with Crippen LogP contribution in [-0.2, 0) is 4.79 Å². The fraction of sp³-hybridized carbons (Fsp3) is 0.906. The van der Waals surface area contributed by atoms with Crippen LogP contribution in [0.2, 0.25) is 0 Å². The van der Waals surface area contributed by atoms with E-state index < -0.39 is 5.97 Å². The molecule has 0 heterocycles. The third-order valence-electron chi connectivity index (χ3n) is 10.1. The van der Waals surface area contributed by atoms with Crippen molar-refractivity contribution in [2.45, 2.75) is 132 Å². The van der Waals surface area contributed by atoms with E-state index in [4.69, 9.17) is 5.11 Å². The maximum atomic E-state index is 9.70. The van der Waals surface area contributed by atoms with E-state index in [-0.39, 0.29) is 7.34 Å². The highest BCUT2D eigenvalue weighted by atomic mass is 16.4. The van der Waals surface area contributed by atoms with Crippen LogP contribution in [0.15, 0.2) is 11.6 Å². The van der Waals surface area contributed by atoms with Crippen LogP contribution in [0.5, 0.6) is 0 Å². The number of hydrogen-bond donors (Lipinski definition) is 1. The normalized spacial score (nSPS) is 35.0. The third kappa shape index (κ3) is 6.91. The quantitative estimate of drug-likeness (QED) is 0.387. The number of carbonyl (C=O) groups is 1. The summed E-state index contributed by atoms with van der Waals surface area (Å²) in [6.45, 7) is 17.4. The SMILES string of the molecule is CC.CC(C)C(=O)O.CC(C)CCC[C@@H](C)[C@H]1CC[C@H]2C3CC=C4CCCCC4C3CC[C@]12C.[HH]. The summed E-state index contributed by atoms with van der Waals surface area (Å²) in [5.41, 5.74) is 2.55. The first kappa shape index (κ1) is 29.4. The molecule has 4 aliphatic carbocycles. The fourth-order valence-corrected chi connectivity index (χ4v) is 8.27. The second-order valence-electron chi connectivity index (χ2n) is 12.8. The molecular formula is C32H60O2. The first-order valence-electron chi connectivity index (χ1n) is 15.1. The molecule has 0 aromatic rings. The standard InChI is InChI=1S/C26H44.C4H8O2.C2H6.H2/c1-18(2)8-7-9-19(3)24-14-15-25-23-13-12-20-10-5-6-11-21(20)22(23)16-17-26(24,25)4;1-3(2)4(5)6;1-2;/h12,18-19,21-25H,5-11,13-17H2,1-4H3;3H,1-2H3,(H,5,6);1-2H3;1H/t19-,21?,22?,23?,24-,25+,26-;;;/m1.../s1. The second-order valence-corrected chi connectivity index (χ2v) is 12.8. The number of fused-ring (bicyclic) bond motifs is 5. The van der Waals surface area contributed by atoms with E-state index in [1.165, 1.54) is 57.8 Å². The smallest absolute Gasteiger partial charge is 0.305 e. The molecule has 0 amide bonds. The average Bonchev–Trinajstić information content (AvgIpc) is 3.17. The first-order valence-corrected chi connectivity index (χ1v) is 15.1. The Hall–Kier alpha value is -0.790. The van der Waals surface area contributed by atoms with Crippen molar-refractivity contribution >= 4 is 5.97 Å². The van der Waals surface area contributed by atoms with E-state index in [0.29, 0.717) is 5.41 Å². The molecule has 2 nitrogen and oxygen atoms in total. The Labute approximate surface area is 214 Å². The van der Waals surface area contributed by atoms with Gasteiger partial charge in [0.05, 0.1) is 5.92 Å². The van der Waals surface area contributed by atoms with Crippen LogP contribution < -0.4 is 0 Å². The van der Waals surface area contributed by atoms with E-state index in [1.807, 2.05) is 19.4 Å². The lowest BCUT2D eigenvalue weighted by Gasteiger charge is -2.54. The van der Waals surface area contributed by atoms with Crippen molar-refractivity contribution in [3.8, 4) is 0 Å². The molecule has 4 rings (SSSR count). The molecule has 0 spiro atoms. The predicted octanol–water partition coefficient (Wildman–Crippen LogP) is 10.0. The van der Waals surface area contributed by atoms with Crippen molar-refractivity contribution in [3.05, 3.63) is 11.6 Å². The van der Waals surface area contributed by atoms with Gasteiger partial charge in [0, 0.05) is 1.43 Å². The molecule has 3 saturated carbocycles. The monoisotopic (exact) mass is 476 g/mol. The lowest BCUT2D eigenvalue weighted by Crippen LogP contribution is -2.46. The zero-order chi connectivity index (χ0) is 25.5. The number of rotatable bonds is 6. The van der Waals surface area contributed by atoms with Gasteiger partial charge in [0.2, 0.25) is 0 Å². The molecule has 7 atom stereocenters. The fourth-order valence-electron chi connectivity index (χ4n) is 8.27. The number of hydrogen-bond acceptors (Lipinski definition) is 1. The molecular weight excluding hydrogens is 416 g/mol. The van der Waals surface area contributed by atoms with E-state index in [0.717, 1.165) is 41.4 Å². The van der Waals surface area contributed by atoms with Gasteiger partial charge in [-0.15, -0.1) is 0 Å². The van der Waals surface area contributed by atoms with Gasteiger partial charge in [-0.1, -0.05) is 92.7 Å². The van der Waals surface area contributed by atoms with E-state index >= 15 is 0 Å². The van der Waals surface area contributed by atoms with Gasteiger partial charge in [0.15, 0.2) is 0 Å². The summed E-state index contributed by atoms with van der Waals surface area (Å²) >= 11 is 0. The lowest BCUT2D eigenvalue weighted by atomic mass is 9.51. The van der Waals surface area contributed by atoms with Gasteiger partial charge < -0.3 is 5.11 Å². The largest absolute Gasteiger partial charge is 0.481 e. The molecule has 0 aliphatic heterocycles. The summed E-state index contributed by atoms with van der Waals surface area (Å²) in [4.78, 5) is 9.70. The van der Waals surface area contributed by atoms with Crippen LogP contribution in [0.3, 0.4) is 0 Å². The highest BCUT2D eigenvalue weighted by molar-refractivity contribution is 5.68. The molecule has 3 unspecified atom stereocenters. The maximum Gasteiger partial charge on any atom is 0.305 e. The highest BCUT2D eigenvalue weighted by Crippen LogP contribution is 2.64. The van der Waals surface area contributed by atoms with Crippen molar-refractivity contribution in [3.63, 3.8) is 0 Å². The number of allylic oxidation sites excluding steroid dienone is 2. The lowest BCUT2D eigenvalue weighted by molar-refractivity contribution is -0.140. The highest BCUT2D eigenvalue weighted by Gasteiger charge is 2.56. The Kier molecular flexibility index (Phi) is 11.7. The Morgan fingerprint density at radius 1 is 1.03 bits per heavy atom. The van der Waals surface area contributed by atoms with E-state index in [2.05, 4.69) is 33.8 Å². The van der Waals surface area contributed by atoms with Crippen molar-refractivity contribution < 1.29 is 11.3 Å². The molecule has 0 radical (unpaired) electrons. The zero-order valence-corrected chi connectivity index (χ0v) is 24.0. The zero-order valence-electron chi connectivity index (χ0n) is 24.0. The number of carboxylic acids is 1. The summed E-state index contributed by atoms with van der Waals surface area (Å²) in [5, 5.41) is 7.99. The third-order valence-corrected chi connectivity index (χ3v) is 10.1. The molecule has 4 aliphatic rings. The van der Waals surface area contributed by atoms with Gasteiger partial charge in [-0.2, -0.15) is 0 Å². The van der Waals surface area contributed by atoms with E-state index in [9.17, 15) is 4.79 Å². The molecule has 0 aromatic heterocycles. The molecule has 0 saturated heterocycles. The molecule has 2 heteroatoms. The average molecular weight is 477 g/mol. The minimum Gasteiger partial charge on any atom is -0.481 e. The van der Waals surface area contributed by atoms with Crippen LogP contribution >= 0.6 is 0 Å². The predicted molar refractivity (Wildman–Crippen MR) is 149 cm³/mol. The molecule has 34 heavy (non-hydrogen) atoms. The molecule has 200 valence electrons. The number of carboxylic acid groups (broad SMARTS) is 1. The Morgan fingerprint density at radius 2 is 1.71 bits per heavy atom. The second kappa shape index (κ2) is 13.5. The molecule has 0 aromatic carbocycles. The molecule has 0 bridgehead atoms. The Balaban J connectivity index is 0.000000599. The maximum absolute atomic E-state index is 9.70. The van der Waals surface area contributed by atoms with E-state index in [1.54, 1.807) is 33.1 Å². The minimum atomic E-state index is -0.741. The van der Waals surface area contributed by atoms with Gasteiger partial charge in [0.25, 0.3) is 0 Å². The van der Waals surface area contributed by atoms with Crippen LogP contribution in [0.25, 0.3) is 0 Å². The van der Waals surface area contributed by atoms with Crippen LogP contribution in [-0.4, -0.2) is 11.1 Å². The van der Waals surface area contributed by atoms with Gasteiger partial charge in [0.1, 0.15) is 0 Å². The molecule has 1 N–H and O–H groups in total. The minimum absolute atomic E-state index is 0. The summed E-state index contributed by atoms with van der Waals surface area (Å²) in [6.07, 6.45) is 20.6. The van der Waals surface area contributed by atoms with Crippen molar-refractivity contribution in [1.82, 2.24) is 0 Å². The summed E-state index contributed by atoms with van der Waals surface area (Å²) in [5.74, 6) is 6.00. The topological polar surface area (TPSA) is 37.3 Å². The Morgan fingerprint density at radius 3 is 2.32 bits per heavy atom. The van der Waals surface area contributed by atoms with Crippen molar-refractivity contribution in [1.29, 1.82) is 0 Å². The van der Waals surface area contributed by atoms with Gasteiger partial charge in [-0.3, -0.25) is 4.79 Å². The molecule has 3 fully saturated rings. The first-order chi connectivity index (χ1) is 16.1. The van der Waals surface area contributed by atoms with Crippen LogP contribution in [0.4, 0.5) is 0 Å². The van der Waals surface area contributed by atoms with Crippen molar-refractivity contribution in [2.24, 2.45) is 52.8 Å². The van der Waals surface area contributed by atoms with Crippen LogP contribution in [0, 0.1) is 52.8 Å². The van der Waals surface area contributed by atoms with Crippen LogP contribution in [0.1, 0.15) is 134 Å². The van der Waals surface area contributed by atoms with Gasteiger partial charge in [-0.05, 0) is 98.2 Å². The van der Waals surface area contributed by atoms with Gasteiger partial charge in [-0.25, -0.2) is 0 Å². The summed E-state index contributed by atoms with van der Waals surface area (Å²) < 4.78 is 0. The summed E-state index contributed by atoms with van der Waals surface area (Å²) in [6, 6.07) is 0. The van der Waals surface area contributed by atoms with Crippen molar-refractivity contribution in [2.75, 3.05) is 0 Å². The van der Waals surface area contributed by atoms with Gasteiger partial charge >= 0.3 is 5.97 Å². The summed E-state index contributed by atoms with van der Waals surface area (Å²) in [7, 11) is 0. The number of aliphatic carboxylic acids is 1.